The van der Waals surface area contributed by atoms with Crippen LogP contribution in [0.25, 0.3) is 11.0 Å². The predicted molar refractivity (Wildman–Crippen MR) is 64.9 cm³/mol. The molecular formula is C12H14FN3O2. The molecule has 0 aliphatic rings. The largest absolute Gasteiger partial charge is 0.480 e. The highest BCUT2D eigenvalue weighted by Crippen LogP contribution is 2.13. The number of likely N-dealkylation sites (N-methyl/N-ethyl adjacent to an activating group) is 1. The molecule has 5 nitrogen and oxygen atoms in total. The van der Waals surface area contributed by atoms with E-state index in [0.29, 0.717) is 23.4 Å². The number of carbonyl (C=O) groups is 1. The van der Waals surface area contributed by atoms with Crippen LogP contribution in [0.15, 0.2) is 18.2 Å². The molecule has 0 saturated heterocycles. The van der Waals surface area contributed by atoms with Gasteiger partial charge in [0.05, 0.1) is 11.0 Å². The lowest BCUT2D eigenvalue weighted by Crippen LogP contribution is -2.38. The first-order valence-electron chi connectivity index (χ1n) is 5.70. The summed E-state index contributed by atoms with van der Waals surface area (Å²) in [6.07, 6.45) is 0.236. The Hall–Kier alpha value is -1.95. The molecule has 18 heavy (non-hydrogen) atoms. The van der Waals surface area contributed by atoms with Gasteiger partial charge >= 0.3 is 5.97 Å². The third-order valence-corrected chi connectivity index (χ3v) is 2.64. The van der Waals surface area contributed by atoms with Crippen molar-refractivity contribution in [3.8, 4) is 0 Å². The van der Waals surface area contributed by atoms with E-state index in [9.17, 15) is 9.18 Å². The van der Waals surface area contributed by atoms with Crippen LogP contribution in [0.4, 0.5) is 4.39 Å². The topological polar surface area (TPSA) is 78.0 Å². The summed E-state index contributed by atoms with van der Waals surface area (Å²) in [6.45, 7) is 2.40. The van der Waals surface area contributed by atoms with Crippen LogP contribution in [0.1, 0.15) is 12.7 Å². The number of rotatable bonds is 5. The highest BCUT2D eigenvalue weighted by molar-refractivity contribution is 5.76. The first-order chi connectivity index (χ1) is 8.60. The Bertz CT molecular complexity index is 567. The Morgan fingerprint density at radius 2 is 2.39 bits per heavy atom. The lowest BCUT2D eigenvalue weighted by atomic mass is 10.2. The summed E-state index contributed by atoms with van der Waals surface area (Å²) in [5.41, 5.74) is 1.21. The molecule has 0 bridgehead atoms. The second kappa shape index (κ2) is 5.14. The molecule has 96 valence electrons. The van der Waals surface area contributed by atoms with E-state index in [1.54, 1.807) is 6.07 Å². The SMILES string of the molecule is CCN[C@H](Cc1nc2ccc(F)cc2[nH]1)C(=O)O. The van der Waals surface area contributed by atoms with E-state index in [-0.39, 0.29) is 12.2 Å². The van der Waals surface area contributed by atoms with Gasteiger partial charge < -0.3 is 15.4 Å². The van der Waals surface area contributed by atoms with Gasteiger partial charge in [-0.15, -0.1) is 0 Å². The molecule has 2 rings (SSSR count). The molecule has 1 heterocycles. The van der Waals surface area contributed by atoms with Gasteiger partial charge in [-0.1, -0.05) is 6.92 Å². The van der Waals surface area contributed by atoms with Gasteiger partial charge in [0, 0.05) is 6.42 Å². The third-order valence-electron chi connectivity index (χ3n) is 2.64. The van der Waals surface area contributed by atoms with E-state index < -0.39 is 12.0 Å². The van der Waals surface area contributed by atoms with Gasteiger partial charge in [-0.25, -0.2) is 9.37 Å². The summed E-state index contributed by atoms with van der Waals surface area (Å²) in [5.74, 6) is -0.744. The molecule has 0 radical (unpaired) electrons. The molecule has 0 fully saturated rings. The van der Waals surface area contributed by atoms with Crippen molar-refractivity contribution in [3.63, 3.8) is 0 Å². The molecule has 2 aromatic rings. The minimum Gasteiger partial charge on any atom is -0.480 e. The Labute approximate surface area is 103 Å². The average molecular weight is 251 g/mol. The van der Waals surface area contributed by atoms with Crippen LogP contribution in [0.3, 0.4) is 0 Å². The molecule has 1 aromatic heterocycles. The minimum absolute atomic E-state index is 0.236. The fourth-order valence-electron chi connectivity index (χ4n) is 1.82. The smallest absolute Gasteiger partial charge is 0.321 e. The maximum Gasteiger partial charge on any atom is 0.321 e. The zero-order valence-electron chi connectivity index (χ0n) is 9.90. The molecule has 0 unspecified atom stereocenters. The van der Waals surface area contributed by atoms with Gasteiger partial charge in [0.25, 0.3) is 0 Å². The van der Waals surface area contributed by atoms with Gasteiger partial charge in [0.15, 0.2) is 0 Å². The van der Waals surface area contributed by atoms with E-state index in [0.717, 1.165) is 0 Å². The van der Waals surface area contributed by atoms with Crippen LogP contribution in [-0.2, 0) is 11.2 Å². The van der Waals surface area contributed by atoms with Crippen molar-refractivity contribution in [1.29, 1.82) is 0 Å². The molecule has 1 aromatic carbocycles. The normalized spacial score (nSPS) is 12.8. The van der Waals surface area contributed by atoms with Crippen molar-refractivity contribution in [3.05, 3.63) is 29.8 Å². The van der Waals surface area contributed by atoms with Crippen molar-refractivity contribution in [2.24, 2.45) is 0 Å². The first-order valence-corrected chi connectivity index (χ1v) is 5.70. The molecule has 0 spiro atoms. The number of aromatic amines is 1. The van der Waals surface area contributed by atoms with Gasteiger partial charge in [-0.2, -0.15) is 0 Å². The number of imidazole rings is 1. The summed E-state index contributed by atoms with van der Waals surface area (Å²) < 4.78 is 13.0. The van der Waals surface area contributed by atoms with Crippen LogP contribution < -0.4 is 5.32 Å². The number of H-pyrrole nitrogens is 1. The van der Waals surface area contributed by atoms with E-state index in [2.05, 4.69) is 15.3 Å². The monoisotopic (exact) mass is 251 g/mol. The van der Waals surface area contributed by atoms with Gasteiger partial charge in [-0.3, -0.25) is 4.79 Å². The highest BCUT2D eigenvalue weighted by Gasteiger charge is 2.18. The fraction of sp³-hybridized carbons (Fsp3) is 0.333. The molecule has 0 amide bonds. The number of nitrogens with one attached hydrogen (secondary N) is 2. The number of aliphatic carboxylic acids is 1. The summed E-state index contributed by atoms with van der Waals surface area (Å²) in [4.78, 5) is 18.2. The van der Waals surface area contributed by atoms with Gasteiger partial charge in [-0.05, 0) is 24.7 Å². The second-order valence-electron chi connectivity index (χ2n) is 4.00. The minimum atomic E-state index is -0.927. The summed E-state index contributed by atoms with van der Waals surface area (Å²) in [5, 5.41) is 11.9. The maximum absolute atomic E-state index is 13.0. The Balaban J connectivity index is 2.22. The standard InChI is InChI=1S/C12H14FN3O2/c1-2-14-10(12(17)18)6-11-15-8-4-3-7(13)5-9(8)16-11/h3-5,10,14H,2,6H2,1H3,(H,15,16)(H,17,18)/t10-/m1/s1. The van der Waals surface area contributed by atoms with Crippen molar-refractivity contribution in [2.45, 2.75) is 19.4 Å². The highest BCUT2D eigenvalue weighted by atomic mass is 19.1. The number of carboxylic acid groups (broad SMARTS) is 1. The van der Waals surface area contributed by atoms with Crippen molar-refractivity contribution >= 4 is 17.0 Å². The molecule has 0 saturated carbocycles. The fourth-order valence-corrected chi connectivity index (χ4v) is 1.82. The van der Waals surface area contributed by atoms with Crippen LogP contribution in [0.2, 0.25) is 0 Å². The van der Waals surface area contributed by atoms with E-state index >= 15 is 0 Å². The van der Waals surface area contributed by atoms with Crippen molar-refractivity contribution in [1.82, 2.24) is 15.3 Å². The zero-order chi connectivity index (χ0) is 13.1. The van der Waals surface area contributed by atoms with E-state index in [4.69, 9.17) is 5.11 Å². The Morgan fingerprint density at radius 1 is 1.61 bits per heavy atom. The lowest BCUT2D eigenvalue weighted by Gasteiger charge is -2.10. The maximum atomic E-state index is 13.0. The number of benzene rings is 1. The number of fused-ring (bicyclic) bond motifs is 1. The number of halogens is 1. The summed E-state index contributed by atoms with van der Waals surface area (Å²) in [7, 11) is 0. The lowest BCUT2D eigenvalue weighted by molar-refractivity contribution is -0.139. The second-order valence-corrected chi connectivity index (χ2v) is 4.00. The average Bonchev–Trinajstić information content (AvgIpc) is 2.69. The number of carboxylic acids is 1. The predicted octanol–water partition coefficient (Wildman–Crippen LogP) is 1.31. The van der Waals surface area contributed by atoms with Crippen molar-refractivity contribution < 1.29 is 14.3 Å². The Kier molecular flexibility index (Phi) is 3.57. The van der Waals surface area contributed by atoms with E-state index in [1.165, 1.54) is 12.1 Å². The number of nitrogens with zero attached hydrogens (tertiary/aromatic N) is 1. The van der Waals surface area contributed by atoms with Crippen LogP contribution in [0, 0.1) is 5.82 Å². The third kappa shape index (κ3) is 2.65. The number of hydrogen-bond donors (Lipinski definition) is 3. The van der Waals surface area contributed by atoms with E-state index in [1.807, 2.05) is 6.92 Å². The van der Waals surface area contributed by atoms with Crippen LogP contribution in [0.5, 0.6) is 0 Å². The number of hydrogen-bond acceptors (Lipinski definition) is 3. The summed E-state index contributed by atoms with van der Waals surface area (Å²) >= 11 is 0. The molecule has 1 atom stereocenters. The van der Waals surface area contributed by atoms with Crippen molar-refractivity contribution in [2.75, 3.05) is 6.54 Å². The first kappa shape index (κ1) is 12.5. The zero-order valence-corrected chi connectivity index (χ0v) is 9.90. The van der Waals surface area contributed by atoms with Crippen LogP contribution in [-0.4, -0.2) is 33.6 Å². The van der Waals surface area contributed by atoms with Gasteiger partial charge in [0.2, 0.25) is 0 Å². The molecule has 3 N–H and O–H groups in total. The molecular weight excluding hydrogens is 237 g/mol. The number of aromatic nitrogens is 2. The molecule has 6 heteroatoms. The molecule has 0 aliphatic heterocycles. The summed E-state index contributed by atoms with van der Waals surface area (Å²) in [6, 6.07) is 3.54. The Morgan fingerprint density at radius 3 is 3.06 bits per heavy atom. The van der Waals surface area contributed by atoms with Gasteiger partial charge in [0.1, 0.15) is 17.7 Å². The van der Waals surface area contributed by atoms with Crippen LogP contribution >= 0.6 is 0 Å². The quantitative estimate of drug-likeness (QED) is 0.748. The molecule has 0 aliphatic carbocycles.